The molecule has 0 fully saturated rings. The van der Waals surface area contributed by atoms with E-state index in [1.165, 1.54) is 6.92 Å². The van der Waals surface area contributed by atoms with Crippen LogP contribution in [-0.2, 0) is 63.8 Å². The maximum absolute atomic E-state index is 13.5. The minimum absolute atomic E-state index is 0.0122. The number of carboxylic acids is 1. The van der Waals surface area contributed by atoms with Crippen molar-refractivity contribution >= 4 is 59.4 Å². The van der Waals surface area contributed by atoms with Crippen molar-refractivity contribution in [3.8, 4) is 0 Å². The summed E-state index contributed by atoms with van der Waals surface area (Å²) in [5, 5.41) is 20.5. The maximum atomic E-state index is 13.5. The second-order valence-electron chi connectivity index (χ2n) is 14.8. The summed E-state index contributed by atoms with van der Waals surface area (Å²) in [6.07, 6.45) is -0.453. The smallest absolute Gasteiger partial charge is 0.410 e. The molecule has 1 aromatic carbocycles. The van der Waals surface area contributed by atoms with Crippen LogP contribution in [-0.4, -0.2) is 143 Å². The molecule has 1 aromatic rings. The second-order valence-corrected chi connectivity index (χ2v) is 14.8. The number of amides is 8. The molecule has 6 N–H and O–H groups in total. The Bertz CT molecular complexity index is 1720. The highest BCUT2D eigenvalue weighted by Gasteiger charge is 2.39. The van der Waals surface area contributed by atoms with E-state index in [0.29, 0.717) is 10.5 Å². The zero-order valence-corrected chi connectivity index (χ0v) is 33.4. The molecule has 0 bridgehead atoms. The van der Waals surface area contributed by atoms with E-state index in [1.54, 1.807) is 71.9 Å². The first-order valence-corrected chi connectivity index (χ1v) is 18.0. The summed E-state index contributed by atoms with van der Waals surface area (Å²) in [6, 6.07) is 5.58. The number of nitrogens with one attached hydrogen (secondary N) is 5. The monoisotopic (exact) mass is 817 g/mol. The molecule has 0 saturated heterocycles. The number of nitrogens with zero attached hydrogens (tertiary/aromatic N) is 2. The summed E-state index contributed by atoms with van der Waals surface area (Å²) >= 11 is 0. The predicted octanol–water partition coefficient (Wildman–Crippen LogP) is -1.50. The van der Waals surface area contributed by atoms with E-state index in [9.17, 15) is 47.9 Å². The van der Waals surface area contributed by atoms with Gasteiger partial charge in [0, 0.05) is 18.6 Å². The number of rotatable bonds is 20. The fourth-order valence-electron chi connectivity index (χ4n) is 4.77. The van der Waals surface area contributed by atoms with Crippen LogP contribution in [0.25, 0.3) is 0 Å². The largest absolute Gasteiger partial charge is 0.479 e. The van der Waals surface area contributed by atoms with Crippen molar-refractivity contribution in [1.82, 2.24) is 36.4 Å². The number of benzene rings is 1. The second kappa shape index (κ2) is 21.8. The molecule has 318 valence electrons. The first-order chi connectivity index (χ1) is 27.0. The molecule has 21 nitrogen and oxygen atoms in total. The number of carboxylic acid groups (broad SMARTS) is 1. The maximum Gasteiger partial charge on any atom is 0.410 e. The SMILES string of the molecule is CC(OCNC(=O)CNC(=O)[C@H](Cc1ccccc1)NC(=O)CNC(=O)CNC(=O)C(CN(CC(=O)OC(C)(C)C)C(=O)OC(C)(C)C)N1C(=O)C=CC1=O)C(=O)O. The van der Waals surface area contributed by atoms with Gasteiger partial charge in [0.05, 0.1) is 26.2 Å². The van der Waals surface area contributed by atoms with Gasteiger partial charge in [0.15, 0.2) is 6.10 Å². The molecule has 58 heavy (non-hydrogen) atoms. The summed E-state index contributed by atoms with van der Waals surface area (Å²) in [5.74, 6) is -8.19. The number of hydrogen-bond donors (Lipinski definition) is 6. The molecule has 1 heterocycles. The number of ether oxygens (including phenoxy) is 3. The number of aliphatic carboxylic acids is 1. The van der Waals surface area contributed by atoms with Gasteiger partial charge in [0.1, 0.15) is 36.6 Å². The quantitative estimate of drug-likeness (QED) is 0.0496. The van der Waals surface area contributed by atoms with Crippen molar-refractivity contribution in [2.75, 3.05) is 39.5 Å². The van der Waals surface area contributed by atoms with Gasteiger partial charge in [-0.15, -0.1) is 0 Å². The van der Waals surface area contributed by atoms with Crippen LogP contribution in [0.15, 0.2) is 42.5 Å². The average Bonchev–Trinajstić information content (AvgIpc) is 3.45. The minimum atomic E-state index is -1.75. The Morgan fingerprint density at radius 1 is 0.741 bits per heavy atom. The van der Waals surface area contributed by atoms with Gasteiger partial charge < -0.3 is 45.9 Å². The van der Waals surface area contributed by atoms with Crippen molar-refractivity contribution in [1.29, 1.82) is 0 Å². The molecule has 2 rings (SSSR count). The van der Waals surface area contributed by atoms with E-state index in [-0.39, 0.29) is 6.42 Å². The van der Waals surface area contributed by atoms with Crippen LogP contribution in [0, 0.1) is 0 Å². The van der Waals surface area contributed by atoms with Gasteiger partial charge in [-0.3, -0.25) is 48.2 Å². The van der Waals surface area contributed by atoms with Crippen molar-refractivity contribution < 1.29 is 67.3 Å². The molecule has 0 radical (unpaired) electrons. The molecule has 0 aromatic heterocycles. The third-order valence-electron chi connectivity index (χ3n) is 7.42. The van der Waals surface area contributed by atoms with Crippen LogP contribution in [0.5, 0.6) is 0 Å². The number of esters is 1. The van der Waals surface area contributed by atoms with E-state index in [0.717, 1.165) is 17.1 Å². The topological polar surface area (TPSA) is 285 Å². The highest BCUT2D eigenvalue weighted by atomic mass is 16.6. The first kappa shape index (κ1) is 47.8. The van der Waals surface area contributed by atoms with E-state index in [1.807, 2.05) is 0 Å². The molecular weight excluding hydrogens is 766 g/mol. The Labute approximate surface area is 334 Å². The molecule has 3 atom stereocenters. The number of carbonyl (C=O) groups is 10. The van der Waals surface area contributed by atoms with Crippen LogP contribution in [0.2, 0.25) is 0 Å². The van der Waals surface area contributed by atoms with Crippen molar-refractivity contribution in [2.24, 2.45) is 0 Å². The Morgan fingerprint density at radius 3 is 1.83 bits per heavy atom. The van der Waals surface area contributed by atoms with E-state index >= 15 is 0 Å². The fourth-order valence-corrected chi connectivity index (χ4v) is 4.77. The standard InChI is InChI=1S/C37H51N7O14/c1-22(34(53)54)56-21-41-27(46)17-39-32(51)24(15-23-11-9-8-10-12-23)42-28(47)18-38-26(45)16-40-33(52)25(44-29(48)13-14-30(44)49)19-43(35(55)58-37(5,6)7)20-31(50)57-36(2,3)4/h8-14,22,24-25H,15-21H2,1-7H3,(H,38,45)(H,39,51)(H,40,52)(H,41,46)(H,42,47)(H,53,54)/t22?,24-,25?/m0/s1. The summed E-state index contributed by atoms with van der Waals surface area (Å²) in [5.41, 5.74) is -1.35. The molecule has 2 unspecified atom stereocenters. The molecule has 8 amide bonds. The van der Waals surface area contributed by atoms with E-state index in [4.69, 9.17) is 19.3 Å². The van der Waals surface area contributed by atoms with Crippen LogP contribution >= 0.6 is 0 Å². The third-order valence-corrected chi connectivity index (χ3v) is 7.42. The Balaban J connectivity index is 2.09. The third kappa shape index (κ3) is 17.6. The summed E-state index contributed by atoms with van der Waals surface area (Å²) in [6.45, 7) is 6.85. The molecule has 0 spiro atoms. The number of imide groups is 1. The normalized spacial score (nSPS) is 14.0. The van der Waals surface area contributed by atoms with Gasteiger partial charge in [0.2, 0.25) is 29.5 Å². The lowest BCUT2D eigenvalue weighted by atomic mass is 10.1. The van der Waals surface area contributed by atoms with Crippen LogP contribution in [0.4, 0.5) is 4.79 Å². The summed E-state index contributed by atoms with van der Waals surface area (Å²) in [7, 11) is 0. The minimum Gasteiger partial charge on any atom is -0.479 e. The number of carbonyl (C=O) groups excluding carboxylic acids is 9. The lowest BCUT2D eigenvalue weighted by Crippen LogP contribution is -2.57. The summed E-state index contributed by atoms with van der Waals surface area (Å²) in [4.78, 5) is 128. The van der Waals surface area contributed by atoms with Gasteiger partial charge >= 0.3 is 18.0 Å². The van der Waals surface area contributed by atoms with E-state index < -0.39 is 128 Å². The van der Waals surface area contributed by atoms with Crippen LogP contribution < -0.4 is 26.6 Å². The lowest BCUT2D eigenvalue weighted by Gasteiger charge is -2.32. The van der Waals surface area contributed by atoms with E-state index in [2.05, 4.69) is 26.6 Å². The number of hydrogen-bond acceptors (Lipinski definition) is 13. The van der Waals surface area contributed by atoms with Gasteiger partial charge in [-0.1, -0.05) is 30.3 Å². The van der Waals surface area contributed by atoms with Gasteiger partial charge in [0.25, 0.3) is 11.8 Å². The van der Waals surface area contributed by atoms with Gasteiger partial charge in [-0.05, 0) is 54.0 Å². The zero-order chi connectivity index (χ0) is 43.8. The molecule has 1 aliphatic rings. The van der Waals surface area contributed by atoms with Crippen LogP contribution in [0.3, 0.4) is 0 Å². The van der Waals surface area contributed by atoms with Crippen molar-refractivity contribution in [2.45, 2.75) is 84.3 Å². The van der Waals surface area contributed by atoms with Crippen molar-refractivity contribution in [3.63, 3.8) is 0 Å². The van der Waals surface area contributed by atoms with Gasteiger partial charge in [-0.25, -0.2) is 9.59 Å². The van der Waals surface area contributed by atoms with Gasteiger partial charge in [-0.2, -0.15) is 0 Å². The van der Waals surface area contributed by atoms with Crippen molar-refractivity contribution in [3.05, 3.63) is 48.0 Å². The highest BCUT2D eigenvalue weighted by Crippen LogP contribution is 2.16. The first-order valence-electron chi connectivity index (χ1n) is 18.0. The lowest BCUT2D eigenvalue weighted by molar-refractivity contribution is -0.156. The molecule has 1 aliphatic heterocycles. The Kier molecular flexibility index (Phi) is 18.0. The Hall–Kier alpha value is -6.38. The molecular formula is C37H51N7O14. The molecule has 0 aliphatic carbocycles. The predicted molar refractivity (Wildman–Crippen MR) is 201 cm³/mol. The Morgan fingerprint density at radius 2 is 1.28 bits per heavy atom. The molecule has 0 saturated carbocycles. The van der Waals surface area contributed by atoms with Crippen LogP contribution in [0.1, 0.15) is 54.0 Å². The summed E-state index contributed by atoms with van der Waals surface area (Å²) < 4.78 is 15.6. The zero-order valence-electron chi connectivity index (χ0n) is 33.4. The fraction of sp³-hybridized carbons (Fsp3) is 0.514. The average molecular weight is 818 g/mol. The highest BCUT2D eigenvalue weighted by molar-refractivity contribution is 6.15. The molecule has 21 heteroatoms.